The third-order valence-corrected chi connectivity index (χ3v) is 10.5. The number of anilines is 1. The highest BCUT2D eigenvalue weighted by Crippen LogP contribution is 2.58. The summed E-state index contributed by atoms with van der Waals surface area (Å²) in [6.07, 6.45) is 4.16. The molecule has 0 amide bonds. The number of ether oxygens (including phenoxy) is 2. The molecule has 0 bridgehead atoms. The van der Waals surface area contributed by atoms with E-state index in [-0.39, 0.29) is 5.92 Å². The molecule has 3 aliphatic heterocycles. The van der Waals surface area contributed by atoms with E-state index in [0.29, 0.717) is 19.2 Å². The van der Waals surface area contributed by atoms with Gasteiger partial charge in [0.05, 0.1) is 11.1 Å². The summed E-state index contributed by atoms with van der Waals surface area (Å²) >= 11 is 1.59. The van der Waals surface area contributed by atoms with Crippen LogP contribution in [-0.4, -0.2) is 59.8 Å². The molecule has 2 saturated heterocycles. The van der Waals surface area contributed by atoms with Crippen molar-refractivity contribution in [2.45, 2.75) is 58.7 Å². The summed E-state index contributed by atoms with van der Waals surface area (Å²) in [6.45, 7) is 10.1. The fraction of sp³-hybridized carbons (Fsp3) is 0.500. The van der Waals surface area contributed by atoms with Gasteiger partial charge in [-0.05, 0) is 79.3 Å². The molecule has 210 valence electrons. The lowest BCUT2D eigenvalue weighted by atomic mass is 9.91. The molecule has 1 aliphatic carbocycles. The molecule has 8 heteroatoms. The van der Waals surface area contributed by atoms with Gasteiger partial charge in [0.2, 0.25) is 0 Å². The Morgan fingerprint density at radius 2 is 2.08 bits per heavy atom. The van der Waals surface area contributed by atoms with Gasteiger partial charge in [0.25, 0.3) is 0 Å². The van der Waals surface area contributed by atoms with Gasteiger partial charge in [0.1, 0.15) is 12.4 Å². The quantitative estimate of drug-likeness (QED) is 0.412. The molecular formula is C32H37N3O4S. The van der Waals surface area contributed by atoms with Crippen LogP contribution in [0.4, 0.5) is 5.13 Å². The van der Waals surface area contributed by atoms with Crippen molar-refractivity contribution in [3.8, 4) is 17.0 Å². The van der Waals surface area contributed by atoms with Gasteiger partial charge in [-0.2, -0.15) is 0 Å². The highest BCUT2D eigenvalue weighted by atomic mass is 32.1. The van der Waals surface area contributed by atoms with Crippen LogP contribution in [-0.2, 0) is 29.1 Å². The number of thiazole rings is 1. The number of piperidine rings is 1. The summed E-state index contributed by atoms with van der Waals surface area (Å²) in [7, 11) is 0. The van der Waals surface area contributed by atoms with Crippen LogP contribution in [0.5, 0.6) is 5.75 Å². The highest BCUT2D eigenvalue weighted by molar-refractivity contribution is 7.14. The molecule has 0 unspecified atom stereocenters. The van der Waals surface area contributed by atoms with E-state index in [1.54, 1.807) is 11.3 Å². The lowest BCUT2D eigenvalue weighted by Gasteiger charge is -2.38. The normalized spacial score (nSPS) is 24.6. The van der Waals surface area contributed by atoms with Crippen molar-refractivity contribution >= 4 is 22.4 Å². The monoisotopic (exact) mass is 559 g/mol. The minimum absolute atomic E-state index is 0.250. The first kappa shape index (κ1) is 26.0. The lowest BCUT2D eigenvalue weighted by molar-refractivity contribution is -0.143. The number of carbonyl (C=O) groups is 1. The molecule has 0 spiro atoms. The van der Waals surface area contributed by atoms with E-state index in [2.05, 4.69) is 53.3 Å². The molecule has 2 aromatic carbocycles. The van der Waals surface area contributed by atoms with Crippen LogP contribution in [0.2, 0.25) is 0 Å². The fourth-order valence-electron chi connectivity index (χ4n) is 7.11. The fourth-order valence-corrected chi connectivity index (χ4v) is 7.94. The Labute approximate surface area is 239 Å². The number of rotatable bonds is 7. The smallest absolute Gasteiger partial charge is 0.311 e. The predicted molar refractivity (Wildman–Crippen MR) is 156 cm³/mol. The Morgan fingerprint density at radius 1 is 1.23 bits per heavy atom. The van der Waals surface area contributed by atoms with Gasteiger partial charge in [0, 0.05) is 56.4 Å². The number of hydrogen-bond donors (Lipinski definition) is 1. The molecule has 7 nitrogen and oxygen atoms in total. The van der Waals surface area contributed by atoms with Gasteiger partial charge in [-0.15, -0.1) is 11.3 Å². The zero-order valence-electron chi connectivity index (χ0n) is 23.3. The standard InChI is InChI=1S/C32H37N3O4S/c1-20-4-3-5-26(28-18-40-31(33-28)35-15-24-14-32(24,19-35)30(36)37)29(20)39-17-22-12-21(2)27-16-34(9-6-23(27)13-22)25-7-10-38-11-8-25/h3-5,12-13,18,24-25H,6-11,14-17,19H2,1-2H3,(H,36,37)/t24-,32-/m0/s1. The van der Waals surface area contributed by atoms with E-state index in [4.69, 9.17) is 14.5 Å². The summed E-state index contributed by atoms with van der Waals surface area (Å²) in [5.41, 5.74) is 7.90. The van der Waals surface area contributed by atoms with Crippen LogP contribution < -0.4 is 9.64 Å². The molecule has 7 rings (SSSR count). The number of fused-ring (bicyclic) bond motifs is 2. The molecule has 4 heterocycles. The van der Waals surface area contributed by atoms with Crippen molar-refractivity contribution < 1.29 is 19.4 Å². The molecule has 4 aliphatic rings. The highest BCUT2D eigenvalue weighted by Gasteiger charge is 2.65. The first-order valence-electron chi connectivity index (χ1n) is 14.5. The number of aryl methyl sites for hydroxylation is 2. The third-order valence-electron chi connectivity index (χ3n) is 9.57. The minimum Gasteiger partial charge on any atom is -0.488 e. The molecule has 1 saturated carbocycles. The second-order valence-corrected chi connectivity index (χ2v) is 12.9. The van der Waals surface area contributed by atoms with Crippen LogP contribution in [0.25, 0.3) is 11.3 Å². The second kappa shape index (κ2) is 10.2. The first-order valence-corrected chi connectivity index (χ1v) is 15.4. The van der Waals surface area contributed by atoms with E-state index in [1.165, 1.54) is 22.3 Å². The molecule has 1 N–H and O–H groups in total. The summed E-state index contributed by atoms with van der Waals surface area (Å²) < 4.78 is 12.1. The van der Waals surface area contributed by atoms with E-state index in [1.807, 2.05) is 6.07 Å². The van der Waals surface area contributed by atoms with Crippen LogP contribution >= 0.6 is 11.3 Å². The Morgan fingerprint density at radius 3 is 2.88 bits per heavy atom. The first-order chi connectivity index (χ1) is 19.4. The van der Waals surface area contributed by atoms with E-state index in [9.17, 15) is 9.90 Å². The zero-order chi connectivity index (χ0) is 27.4. The Hall–Kier alpha value is -2.94. The predicted octanol–water partition coefficient (Wildman–Crippen LogP) is 5.45. The zero-order valence-corrected chi connectivity index (χ0v) is 24.1. The Kier molecular flexibility index (Phi) is 6.60. The molecular weight excluding hydrogens is 522 g/mol. The van der Waals surface area contributed by atoms with Crippen molar-refractivity contribution in [3.05, 3.63) is 63.5 Å². The van der Waals surface area contributed by atoms with Crippen molar-refractivity contribution in [1.82, 2.24) is 9.88 Å². The lowest BCUT2D eigenvalue weighted by Crippen LogP contribution is -2.42. The minimum atomic E-state index is -0.666. The number of para-hydroxylation sites is 1. The number of aliphatic carboxylic acids is 1. The second-order valence-electron chi connectivity index (χ2n) is 12.1. The largest absolute Gasteiger partial charge is 0.488 e. The maximum absolute atomic E-state index is 11.8. The number of aromatic nitrogens is 1. The van der Waals surface area contributed by atoms with Crippen molar-refractivity contribution in [2.24, 2.45) is 11.3 Å². The van der Waals surface area contributed by atoms with E-state index in [0.717, 1.165) is 86.2 Å². The summed E-state index contributed by atoms with van der Waals surface area (Å²) in [5.74, 6) is 0.451. The van der Waals surface area contributed by atoms with Crippen molar-refractivity contribution in [2.75, 3.05) is 37.7 Å². The topological polar surface area (TPSA) is 75.1 Å². The summed E-state index contributed by atoms with van der Waals surface area (Å²) in [4.78, 5) is 21.5. The van der Waals surface area contributed by atoms with E-state index >= 15 is 0 Å². The van der Waals surface area contributed by atoms with Gasteiger partial charge in [-0.3, -0.25) is 9.69 Å². The van der Waals surface area contributed by atoms with Crippen molar-refractivity contribution in [1.29, 1.82) is 0 Å². The number of carboxylic acids is 1. The number of hydrogen-bond acceptors (Lipinski definition) is 7. The Balaban J connectivity index is 1.07. The average molecular weight is 560 g/mol. The van der Waals surface area contributed by atoms with Gasteiger partial charge in [-0.25, -0.2) is 4.98 Å². The van der Waals surface area contributed by atoms with Crippen molar-refractivity contribution in [3.63, 3.8) is 0 Å². The maximum Gasteiger partial charge on any atom is 0.311 e. The Bertz CT molecular complexity index is 1450. The molecule has 3 aromatic rings. The van der Waals surface area contributed by atoms with Crippen LogP contribution in [0.15, 0.2) is 35.7 Å². The number of carboxylic acid groups (broad SMARTS) is 1. The van der Waals surface area contributed by atoms with Crippen LogP contribution in [0, 0.1) is 25.2 Å². The maximum atomic E-state index is 11.8. The van der Waals surface area contributed by atoms with Gasteiger partial charge in [0.15, 0.2) is 5.13 Å². The van der Waals surface area contributed by atoms with Gasteiger partial charge < -0.3 is 19.5 Å². The van der Waals surface area contributed by atoms with E-state index < -0.39 is 11.4 Å². The summed E-state index contributed by atoms with van der Waals surface area (Å²) in [6, 6.07) is 11.5. The molecule has 0 radical (unpaired) electrons. The third kappa shape index (κ3) is 4.60. The number of benzene rings is 2. The van der Waals surface area contributed by atoms with Gasteiger partial charge in [-0.1, -0.05) is 24.3 Å². The average Bonchev–Trinajstić information content (AvgIpc) is 3.29. The van der Waals surface area contributed by atoms with Crippen LogP contribution in [0.3, 0.4) is 0 Å². The number of nitrogens with zero attached hydrogens (tertiary/aromatic N) is 3. The molecule has 3 fully saturated rings. The summed E-state index contributed by atoms with van der Waals surface area (Å²) in [5, 5.41) is 12.6. The molecule has 2 atom stereocenters. The SMILES string of the molecule is Cc1cc(COc2c(C)cccc2-c2csc(N3C[C@@H]4C[C@]4(C(=O)O)C3)n2)cc2c1CN(C1CCOCC1)CC2. The van der Waals surface area contributed by atoms with Gasteiger partial charge >= 0.3 is 5.97 Å². The van der Waals surface area contributed by atoms with Crippen LogP contribution in [0.1, 0.15) is 47.1 Å². The molecule has 1 aromatic heterocycles. The molecule has 40 heavy (non-hydrogen) atoms.